The van der Waals surface area contributed by atoms with Crippen LogP contribution in [0.15, 0.2) is 30.3 Å². The molecular weight excluding hydrogens is 352 g/mol. The quantitative estimate of drug-likeness (QED) is 0.798. The fraction of sp³-hybridized carbons (Fsp3) is 0.500. The van der Waals surface area contributed by atoms with Crippen LogP contribution in [0.5, 0.6) is 0 Å². The molecule has 0 bridgehead atoms. The minimum atomic E-state index is -0.191. The van der Waals surface area contributed by atoms with Crippen molar-refractivity contribution in [3.63, 3.8) is 0 Å². The molecule has 0 unspecified atom stereocenters. The third-order valence-corrected chi connectivity index (χ3v) is 5.14. The van der Waals surface area contributed by atoms with E-state index in [2.05, 4.69) is 10.3 Å². The van der Waals surface area contributed by atoms with Crippen LogP contribution in [0.1, 0.15) is 72.4 Å². The number of nitrogens with zero attached hydrogens (tertiary/aromatic N) is 3. The van der Waals surface area contributed by atoms with Crippen LogP contribution in [0.4, 0.5) is 0 Å². The zero-order valence-corrected chi connectivity index (χ0v) is 17.1. The molecule has 1 aliphatic rings. The molecule has 0 saturated carbocycles. The molecule has 2 amide bonds. The monoisotopic (exact) mass is 382 g/mol. The molecular formula is C22H30N4O2. The Morgan fingerprint density at radius 2 is 1.96 bits per heavy atom. The second-order valence-electron chi connectivity index (χ2n) is 7.61. The van der Waals surface area contributed by atoms with Gasteiger partial charge in [0.25, 0.3) is 11.8 Å². The first-order valence-corrected chi connectivity index (χ1v) is 10.3. The first-order valence-electron chi connectivity index (χ1n) is 10.3. The van der Waals surface area contributed by atoms with Gasteiger partial charge in [0, 0.05) is 25.7 Å². The van der Waals surface area contributed by atoms with Crippen molar-refractivity contribution in [2.75, 3.05) is 6.54 Å². The summed E-state index contributed by atoms with van der Waals surface area (Å²) in [7, 11) is 0. The fourth-order valence-electron chi connectivity index (χ4n) is 3.61. The van der Waals surface area contributed by atoms with E-state index >= 15 is 0 Å². The zero-order chi connectivity index (χ0) is 20.1. The highest BCUT2D eigenvalue weighted by molar-refractivity contribution is 5.97. The van der Waals surface area contributed by atoms with Crippen LogP contribution in [0, 0.1) is 0 Å². The van der Waals surface area contributed by atoms with E-state index in [9.17, 15) is 9.59 Å². The average molecular weight is 383 g/mol. The van der Waals surface area contributed by atoms with Crippen molar-refractivity contribution in [2.24, 2.45) is 0 Å². The minimum Gasteiger partial charge on any atom is -0.349 e. The number of hydrogen-bond donors (Lipinski definition) is 1. The normalized spacial score (nSPS) is 13.3. The molecule has 0 fully saturated rings. The van der Waals surface area contributed by atoms with Crippen LogP contribution in [0.2, 0.25) is 0 Å². The Labute approximate surface area is 166 Å². The predicted octanol–water partition coefficient (Wildman–Crippen LogP) is 3.41. The molecule has 0 aliphatic carbocycles. The Balaban J connectivity index is 1.93. The van der Waals surface area contributed by atoms with Gasteiger partial charge in [0.05, 0.1) is 5.69 Å². The molecule has 0 saturated heterocycles. The number of amides is 2. The second kappa shape index (κ2) is 9.04. The van der Waals surface area contributed by atoms with Crippen LogP contribution in [-0.4, -0.2) is 38.9 Å². The second-order valence-corrected chi connectivity index (χ2v) is 7.61. The number of benzene rings is 1. The Morgan fingerprint density at radius 3 is 2.64 bits per heavy atom. The van der Waals surface area contributed by atoms with E-state index in [-0.39, 0.29) is 17.9 Å². The van der Waals surface area contributed by atoms with Crippen molar-refractivity contribution in [2.45, 2.75) is 65.6 Å². The largest absolute Gasteiger partial charge is 0.349 e. The molecule has 0 atom stereocenters. The summed E-state index contributed by atoms with van der Waals surface area (Å²) in [4.78, 5) is 32.4. The van der Waals surface area contributed by atoms with Gasteiger partial charge in [0.1, 0.15) is 5.69 Å². The topological polar surface area (TPSA) is 67.2 Å². The molecule has 1 aliphatic heterocycles. The van der Waals surface area contributed by atoms with Crippen molar-refractivity contribution in [1.29, 1.82) is 0 Å². The highest BCUT2D eigenvalue weighted by atomic mass is 16.2. The van der Waals surface area contributed by atoms with Gasteiger partial charge in [0.15, 0.2) is 5.82 Å². The van der Waals surface area contributed by atoms with Gasteiger partial charge >= 0.3 is 0 Å². The molecule has 1 N–H and O–H groups in total. The lowest BCUT2D eigenvalue weighted by Crippen LogP contribution is -2.37. The molecule has 6 heteroatoms. The number of carbonyl (C=O) groups excluding carboxylic acids is 2. The molecule has 6 nitrogen and oxygen atoms in total. The van der Waals surface area contributed by atoms with Gasteiger partial charge in [-0.3, -0.25) is 9.59 Å². The number of imidazole rings is 1. The molecule has 150 valence electrons. The number of nitrogens with one attached hydrogen (secondary N) is 1. The van der Waals surface area contributed by atoms with Gasteiger partial charge in [0.2, 0.25) is 0 Å². The Morgan fingerprint density at radius 1 is 1.21 bits per heavy atom. The Hall–Kier alpha value is -2.63. The molecule has 2 aromatic rings. The third kappa shape index (κ3) is 4.26. The summed E-state index contributed by atoms with van der Waals surface area (Å²) in [6, 6.07) is 10.0. The van der Waals surface area contributed by atoms with Crippen molar-refractivity contribution in [3.8, 4) is 0 Å². The first-order chi connectivity index (χ1) is 13.5. The van der Waals surface area contributed by atoms with Crippen molar-refractivity contribution in [1.82, 2.24) is 19.8 Å². The minimum absolute atomic E-state index is 0.0333. The summed E-state index contributed by atoms with van der Waals surface area (Å²) in [6.45, 7) is 7.92. The Kier molecular flexibility index (Phi) is 6.49. The van der Waals surface area contributed by atoms with Crippen molar-refractivity contribution < 1.29 is 9.59 Å². The maximum atomic E-state index is 13.4. The standard InChI is InChI=1S/C22H30N4O2/c1-4-13-23-21(27)20-24-19(18-12-8-9-14-25(18)20)22(28)26(16(2)3)15-17-10-6-5-7-11-17/h5-7,10-11,16H,4,8-9,12-15H2,1-3H3,(H,23,27). The fourth-order valence-corrected chi connectivity index (χ4v) is 3.61. The van der Waals surface area contributed by atoms with Gasteiger partial charge in [-0.15, -0.1) is 0 Å². The summed E-state index contributed by atoms with van der Waals surface area (Å²) in [5.74, 6) is 0.0807. The highest BCUT2D eigenvalue weighted by Gasteiger charge is 2.30. The molecule has 3 rings (SSSR count). The number of hydrogen-bond acceptors (Lipinski definition) is 3. The Bertz CT molecular complexity index is 827. The van der Waals surface area contributed by atoms with Crippen LogP contribution in [0.25, 0.3) is 0 Å². The lowest BCUT2D eigenvalue weighted by atomic mass is 10.1. The average Bonchev–Trinajstić information content (AvgIpc) is 3.10. The molecule has 0 spiro atoms. The number of aromatic nitrogens is 2. The number of fused-ring (bicyclic) bond motifs is 1. The van der Waals surface area contributed by atoms with E-state index in [1.54, 1.807) is 0 Å². The van der Waals surface area contributed by atoms with E-state index in [0.29, 0.717) is 24.6 Å². The number of carbonyl (C=O) groups is 2. The van der Waals surface area contributed by atoms with E-state index in [1.807, 2.05) is 60.6 Å². The van der Waals surface area contributed by atoms with Crippen molar-refractivity contribution >= 4 is 11.8 Å². The first kappa shape index (κ1) is 20.1. The van der Waals surface area contributed by atoms with Crippen LogP contribution in [0.3, 0.4) is 0 Å². The number of rotatable bonds is 7. The summed E-state index contributed by atoms with van der Waals surface area (Å²) in [5, 5.41) is 2.90. The molecule has 28 heavy (non-hydrogen) atoms. The maximum Gasteiger partial charge on any atom is 0.287 e. The predicted molar refractivity (Wildman–Crippen MR) is 109 cm³/mol. The zero-order valence-electron chi connectivity index (χ0n) is 17.1. The molecule has 1 aromatic carbocycles. The van der Waals surface area contributed by atoms with E-state index in [0.717, 1.165) is 43.5 Å². The van der Waals surface area contributed by atoms with E-state index in [4.69, 9.17) is 0 Å². The molecule has 2 heterocycles. The van der Waals surface area contributed by atoms with Gasteiger partial charge in [-0.1, -0.05) is 37.3 Å². The molecule has 0 radical (unpaired) electrons. The highest BCUT2D eigenvalue weighted by Crippen LogP contribution is 2.23. The lowest BCUT2D eigenvalue weighted by Gasteiger charge is -2.27. The maximum absolute atomic E-state index is 13.4. The van der Waals surface area contributed by atoms with Crippen LogP contribution >= 0.6 is 0 Å². The van der Waals surface area contributed by atoms with E-state index in [1.165, 1.54) is 0 Å². The van der Waals surface area contributed by atoms with Gasteiger partial charge in [-0.25, -0.2) is 4.98 Å². The lowest BCUT2D eigenvalue weighted by molar-refractivity contribution is 0.0683. The molecule has 1 aromatic heterocycles. The summed E-state index contributed by atoms with van der Waals surface area (Å²) < 4.78 is 1.95. The summed E-state index contributed by atoms with van der Waals surface area (Å²) >= 11 is 0. The van der Waals surface area contributed by atoms with Crippen LogP contribution < -0.4 is 5.32 Å². The van der Waals surface area contributed by atoms with E-state index < -0.39 is 0 Å². The SMILES string of the molecule is CCCNC(=O)c1nc(C(=O)N(Cc2ccccc2)C(C)C)c2n1CCCC2. The van der Waals surface area contributed by atoms with Gasteiger partial charge < -0.3 is 14.8 Å². The summed E-state index contributed by atoms with van der Waals surface area (Å²) in [6.07, 6.45) is 3.67. The van der Waals surface area contributed by atoms with Crippen LogP contribution in [-0.2, 0) is 19.5 Å². The van der Waals surface area contributed by atoms with Gasteiger partial charge in [-0.2, -0.15) is 0 Å². The third-order valence-electron chi connectivity index (χ3n) is 5.14. The summed E-state index contributed by atoms with van der Waals surface area (Å²) in [5.41, 5.74) is 2.42. The van der Waals surface area contributed by atoms with Crippen molar-refractivity contribution in [3.05, 3.63) is 53.1 Å². The smallest absolute Gasteiger partial charge is 0.287 e. The van der Waals surface area contributed by atoms with Gasteiger partial charge in [-0.05, 0) is 45.1 Å².